The maximum absolute atomic E-state index is 12.1. The molecule has 0 saturated heterocycles. The highest BCUT2D eigenvalue weighted by Gasteiger charge is 2.19. The molecule has 1 aromatic heterocycles. The van der Waals surface area contributed by atoms with Crippen LogP contribution in [0.5, 0.6) is 0 Å². The van der Waals surface area contributed by atoms with Crippen LogP contribution >= 0.6 is 0 Å². The maximum Gasteiger partial charge on any atom is 0.332 e. The number of hydrogen-bond acceptors (Lipinski definition) is 4. The van der Waals surface area contributed by atoms with Crippen LogP contribution in [-0.4, -0.2) is 15.0 Å². The lowest BCUT2D eigenvalue weighted by atomic mass is 10.2. The van der Waals surface area contributed by atoms with Crippen molar-refractivity contribution in [3.8, 4) is 0 Å². The minimum Gasteiger partial charge on any atom is -0.384 e. The Balaban J connectivity index is 3.70. The number of carbonyl (C=O) groups excluding carboxylic acids is 1. The Kier molecular flexibility index (Phi) is 4.30. The molecule has 0 bridgehead atoms. The summed E-state index contributed by atoms with van der Waals surface area (Å²) < 4.78 is 2.23. The lowest BCUT2D eigenvalue weighted by Gasteiger charge is -2.14. The second kappa shape index (κ2) is 5.52. The van der Waals surface area contributed by atoms with Crippen LogP contribution in [0.25, 0.3) is 0 Å². The zero-order valence-electron chi connectivity index (χ0n) is 10.6. The summed E-state index contributed by atoms with van der Waals surface area (Å²) >= 11 is 0. The van der Waals surface area contributed by atoms with Crippen molar-refractivity contribution in [2.24, 2.45) is 5.73 Å². The molecule has 7 heteroatoms. The highest BCUT2D eigenvalue weighted by molar-refractivity contribution is 5.96. The van der Waals surface area contributed by atoms with E-state index >= 15 is 0 Å². The van der Waals surface area contributed by atoms with Gasteiger partial charge in [-0.25, -0.2) is 4.79 Å². The molecular weight excluding hydrogens is 236 g/mol. The van der Waals surface area contributed by atoms with E-state index in [1.165, 1.54) is 4.57 Å². The maximum atomic E-state index is 12.1. The van der Waals surface area contributed by atoms with Gasteiger partial charge in [0.15, 0.2) is 0 Å². The SMILES string of the molecule is CCCn1c(N)c(C(N)=O)c(=O)n(CCC)c1=O. The van der Waals surface area contributed by atoms with E-state index in [0.29, 0.717) is 19.4 Å². The first kappa shape index (κ1) is 14.0. The number of nitrogens with zero attached hydrogens (tertiary/aromatic N) is 2. The molecule has 4 N–H and O–H groups in total. The van der Waals surface area contributed by atoms with Gasteiger partial charge in [0, 0.05) is 13.1 Å². The van der Waals surface area contributed by atoms with Crippen molar-refractivity contribution < 1.29 is 4.79 Å². The van der Waals surface area contributed by atoms with E-state index in [9.17, 15) is 14.4 Å². The van der Waals surface area contributed by atoms with E-state index in [4.69, 9.17) is 11.5 Å². The van der Waals surface area contributed by atoms with E-state index in [-0.39, 0.29) is 17.9 Å². The zero-order valence-corrected chi connectivity index (χ0v) is 10.6. The van der Waals surface area contributed by atoms with Gasteiger partial charge in [-0.2, -0.15) is 0 Å². The first-order chi connectivity index (χ1) is 8.45. The van der Waals surface area contributed by atoms with Crippen molar-refractivity contribution in [3.63, 3.8) is 0 Å². The fraction of sp³-hybridized carbons (Fsp3) is 0.545. The molecule has 0 spiro atoms. The number of aromatic nitrogens is 2. The van der Waals surface area contributed by atoms with Crippen LogP contribution in [0.1, 0.15) is 37.0 Å². The van der Waals surface area contributed by atoms with Crippen molar-refractivity contribution in [2.45, 2.75) is 39.8 Å². The van der Waals surface area contributed by atoms with E-state index in [1.807, 2.05) is 13.8 Å². The highest BCUT2D eigenvalue weighted by Crippen LogP contribution is 2.04. The van der Waals surface area contributed by atoms with Gasteiger partial charge in [-0.3, -0.25) is 18.7 Å². The molecule has 1 amide bonds. The Bertz CT molecular complexity index is 571. The smallest absolute Gasteiger partial charge is 0.332 e. The highest BCUT2D eigenvalue weighted by atomic mass is 16.2. The number of carbonyl (C=O) groups is 1. The van der Waals surface area contributed by atoms with E-state index in [2.05, 4.69) is 0 Å². The van der Waals surface area contributed by atoms with Crippen LogP contribution < -0.4 is 22.7 Å². The molecule has 1 heterocycles. The fourth-order valence-corrected chi connectivity index (χ4v) is 1.81. The van der Waals surface area contributed by atoms with Crippen molar-refractivity contribution in [1.82, 2.24) is 9.13 Å². The van der Waals surface area contributed by atoms with Crippen LogP contribution in [0.4, 0.5) is 5.82 Å². The van der Waals surface area contributed by atoms with Gasteiger partial charge in [-0.15, -0.1) is 0 Å². The molecule has 7 nitrogen and oxygen atoms in total. The third-order valence-corrected chi connectivity index (χ3v) is 2.61. The zero-order chi connectivity index (χ0) is 13.9. The molecule has 0 aliphatic heterocycles. The van der Waals surface area contributed by atoms with Crippen molar-refractivity contribution in [3.05, 3.63) is 26.4 Å². The largest absolute Gasteiger partial charge is 0.384 e. The van der Waals surface area contributed by atoms with Gasteiger partial charge in [0.25, 0.3) is 11.5 Å². The third-order valence-electron chi connectivity index (χ3n) is 2.61. The molecule has 0 unspecified atom stereocenters. The number of nitrogens with two attached hydrogens (primary N) is 2. The minimum atomic E-state index is -0.910. The summed E-state index contributed by atoms with van der Waals surface area (Å²) in [5, 5.41) is 0. The van der Waals surface area contributed by atoms with Gasteiger partial charge in [-0.05, 0) is 12.8 Å². The molecule has 0 aromatic carbocycles. The van der Waals surface area contributed by atoms with E-state index in [0.717, 1.165) is 4.57 Å². The Morgan fingerprint density at radius 1 is 1.11 bits per heavy atom. The van der Waals surface area contributed by atoms with Gasteiger partial charge >= 0.3 is 5.69 Å². The second-order valence-electron chi connectivity index (χ2n) is 4.02. The first-order valence-corrected chi connectivity index (χ1v) is 5.88. The molecule has 0 radical (unpaired) electrons. The quantitative estimate of drug-likeness (QED) is 0.738. The number of amides is 1. The van der Waals surface area contributed by atoms with E-state index < -0.39 is 17.2 Å². The fourth-order valence-electron chi connectivity index (χ4n) is 1.81. The van der Waals surface area contributed by atoms with Crippen LogP contribution in [0.2, 0.25) is 0 Å². The monoisotopic (exact) mass is 254 g/mol. The minimum absolute atomic E-state index is 0.147. The average molecular weight is 254 g/mol. The predicted molar refractivity (Wildman–Crippen MR) is 68.5 cm³/mol. The molecule has 0 atom stereocenters. The number of primary amides is 1. The molecule has 100 valence electrons. The summed E-state index contributed by atoms with van der Waals surface area (Å²) in [6, 6.07) is 0. The summed E-state index contributed by atoms with van der Waals surface area (Å²) in [5.74, 6) is -1.06. The standard InChI is InChI=1S/C11H18N4O3/c1-3-5-14-8(12)7(9(13)16)10(17)15(6-4-2)11(14)18/h3-6,12H2,1-2H3,(H2,13,16). The van der Waals surface area contributed by atoms with Gasteiger partial charge in [0.05, 0.1) is 0 Å². The molecule has 1 rings (SSSR count). The summed E-state index contributed by atoms with van der Waals surface area (Å²) in [7, 11) is 0. The van der Waals surface area contributed by atoms with Gasteiger partial charge in [0.1, 0.15) is 11.4 Å². The Morgan fingerprint density at radius 2 is 1.61 bits per heavy atom. The molecule has 1 aromatic rings. The average Bonchev–Trinajstić information content (AvgIpc) is 2.30. The number of rotatable bonds is 5. The van der Waals surface area contributed by atoms with Gasteiger partial charge < -0.3 is 11.5 Å². The topological polar surface area (TPSA) is 113 Å². The lowest BCUT2D eigenvalue weighted by molar-refractivity contribution is 0.0998. The van der Waals surface area contributed by atoms with Crippen LogP contribution in [-0.2, 0) is 13.1 Å². The predicted octanol–water partition coefficient (Wildman–Crippen LogP) is -0.489. The molecular formula is C11H18N4O3. The van der Waals surface area contributed by atoms with Gasteiger partial charge in [-0.1, -0.05) is 13.8 Å². The summed E-state index contributed by atoms with van der Waals surface area (Å²) in [6.07, 6.45) is 1.26. The Morgan fingerprint density at radius 3 is 2.06 bits per heavy atom. The van der Waals surface area contributed by atoms with Gasteiger partial charge in [0.2, 0.25) is 0 Å². The van der Waals surface area contributed by atoms with E-state index in [1.54, 1.807) is 0 Å². The first-order valence-electron chi connectivity index (χ1n) is 5.88. The second-order valence-corrected chi connectivity index (χ2v) is 4.02. The van der Waals surface area contributed by atoms with Crippen molar-refractivity contribution in [1.29, 1.82) is 0 Å². The van der Waals surface area contributed by atoms with Crippen LogP contribution in [0, 0.1) is 0 Å². The lowest BCUT2D eigenvalue weighted by Crippen LogP contribution is -2.45. The van der Waals surface area contributed by atoms with Crippen LogP contribution in [0.15, 0.2) is 9.59 Å². The molecule has 0 aliphatic rings. The normalized spacial score (nSPS) is 10.6. The Labute approximate surface area is 104 Å². The third kappa shape index (κ3) is 2.29. The molecule has 0 aliphatic carbocycles. The molecule has 18 heavy (non-hydrogen) atoms. The van der Waals surface area contributed by atoms with Crippen molar-refractivity contribution in [2.75, 3.05) is 5.73 Å². The summed E-state index contributed by atoms with van der Waals surface area (Å²) in [4.78, 5) is 35.3. The molecule has 0 saturated carbocycles. The number of hydrogen-bond donors (Lipinski definition) is 2. The Hall–Kier alpha value is -2.05. The van der Waals surface area contributed by atoms with Crippen LogP contribution in [0.3, 0.4) is 0 Å². The van der Waals surface area contributed by atoms with Crippen molar-refractivity contribution >= 4 is 11.7 Å². The molecule has 0 fully saturated rings. The summed E-state index contributed by atoms with van der Waals surface area (Å²) in [5.41, 5.74) is 9.32. The number of nitrogen functional groups attached to an aromatic ring is 1. The summed E-state index contributed by atoms with van der Waals surface area (Å²) in [6.45, 7) is 4.28. The number of anilines is 1.